The third kappa shape index (κ3) is 4.19. The molecule has 0 saturated carbocycles. The standard InChI is InChI=1S/C17H27N5O6P/c1-4-9(3)29(26)28-10(5-2)6-11-13(23)14(24)17(27-11)21-7-19-12-15(18)22(25)8-20-16(12)21/h7-11,13-14,17-18,23-25H,4-6H2,1-3H3/q+1/p+1/t9?,10?,11-,13-,14-,17?/m1/s1. The van der Waals surface area contributed by atoms with Crippen molar-refractivity contribution in [3.05, 3.63) is 12.7 Å². The molecule has 0 bridgehead atoms. The Hall–Kier alpha value is -1.91. The molecule has 3 heterocycles. The molecule has 11 nitrogen and oxygen atoms in total. The number of aromatic nitrogens is 4. The van der Waals surface area contributed by atoms with E-state index in [0.717, 1.165) is 12.7 Å². The SMILES string of the molecule is CCC(C[C@H]1OC(n2cnc3c(N)[n+](O)cnc32)[C@H](O)[C@@H]1O)O[P+](=O)C(C)CC. The number of nitrogen functional groups attached to an aromatic ring is 1. The van der Waals surface area contributed by atoms with E-state index in [1.54, 1.807) is 0 Å². The zero-order chi connectivity index (χ0) is 21.3. The predicted molar refractivity (Wildman–Crippen MR) is 102 cm³/mol. The van der Waals surface area contributed by atoms with E-state index in [-0.39, 0.29) is 29.5 Å². The lowest BCUT2D eigenvalue weighted by Crippen LogP contribution is -2.35. The summed E-state index contributed by atoms with van der Waals surface area (Å²) in [4.78, 5) is 8.19. The van der Waals surface area contributed by atoms with E-state index in [1.165, 1.54) is 10.9 Å². The average molecular weight is 429 g/mol. The molecule has 160 valence electrons. The normalized spacial score (nSPS) is 27.3. The zero-order valence-corrected chi connectivity index (χ0v) is 17.5. The van der Waals surface area contributed by atoms with Crippen LogP contribution in [-0.4, -0.2) is 60.0 Å². The fourth-order valence-electron chi connectivity index (χ4n) is 3.23. The van der Waals surface area contributed by atoms with Gasteiger partial charge in [0.1, 0.15) is 24.6 Å². The Bertz CT molecular complexity index is 879. The number of hydrogen-bond donors (Lipinski definition) is 4. The van der Waals surface area contributed by atoms with Crippen molar-refractivity contribution in [2.45, 2.75) is 76.3 Å². The van der Waals surface area contributed by atoms with Gasteiger partial charge in [-0.15, -0.1) is 4.52 Å². The van der Waals surface area contributed by atoms with E-state index in [4.69, 9.17) is 15.0 Å². The molecule has 1 aliphatic rings. The summed E-state index contributed by atoms with van der Waals surface area (Å²) in [7, 11) is -1.83. The Kier molecular flexibility index (Phi) is 6.65. The van der Waals surface area contributed by atoms with E-state index < -0.39 is 32.6 Å². The smallest absolute Gasteiger partial charge is 0.388 e. The average Bonchev–Trinajstić information content (AvgIpc) is 3.26. The molecular weight excluding hydrogens is 401 g/mol. The first-order valence-electron chi connectivity index (χ1n) is 9.65. The molecule has 7 atom stereocenters. The number of nitrogens with zero attached hydrogens (tertiary/aromatic N) is 4. The minimum absolute atomic E-state index is 0.00775. The molecule has 1 fully saturated rings. The van der Waals surface area contributed by atoms with Crippen LogP contribution in [0.2, 0.25) is 0 Å². The van der Waals surface area contributed by atoms with Crippen LogP contribution < -0.4 is 10.5 Å². The van der Waals surface area contributed by atoms with Gasteiger partial charge in [-0.2, -0.15) is 0 Å². The van der Waals surface area contributed by atoms with E-state index in [0.29, 0.717) is 16.8 Å². The minimum Gasteiger partial charge on any atom is -0.388 e. The molecule has 1 saturated heterocycles. The van der Waals surface area contributed by atoms with E-state index in [1.807, 2.05) is 20.8 Å². The highest BCUT2D eigenvalue weighted by atomic mass is 31.1. The molecule has 1 aliphatic heterocycles. The van der Waals surface area contributed by atoms with Crippen LogP contribution in [0.25, 0.3) is 11.2 Å². The molecule has 0 spiro atoms. The highest BCUT2D eigenvalue weighted by molar-refractivity contribution is 7.40. The molecule has 2 aromatic heterocycles. The number of rotatable bonds is 8. The zero-order valence-electron chi connectivity index (χ0n) is 16.6. The second-order valence-electron chi connectivity index (χ2n) is 7.26. The van der Waals surface area contributed by atoms with Gasteiger partial charge in [-0.1, -0.05) is 23.6 Å². The van der Waals surface area contributed by atoms with Crippen LogP contribution in [0.4, 0.5) is 5.82 Å². The molecule has 0 aromatic carbocycles. The van der Waals surface area contributed by atoms with Crippen molar-refractivity contribution < 1.29 is 34.0 Å². The van der Waals surface area contributed by atoms with Gasteiger partial charge in [0.25, 0.3) is 12.1 Å². The van der Waals surface area contributed by atoms with Crippen LogP contribution >= 0.6 is 8.03 Å². The number of aliphatic hydroxyl groups is 2. The lowest BCUT2D eigenvalue weighted by atomic mass is 10.0. The van der Waals surface area contributed by atoms with Gasteiger partial charge in [0.2, 0.25) is 11.2 Å². The molecule has 2 aromatic rings. The van der Waals surface area contributed by atoms with Gasteiger partial charge in [0, 0.05) is 6.42 Å². The Labute approximate surface area is 168 Å². The van der Waals surface area contributed by atoms with E-state index >= 15 is 0 Å². The second-order valence-corrected chi connectivity index (χ2v) is 8.92. The maximum Gasteiger partial charge on any atom is 0.511 e. The summed E-state index contributed by atoms with van der Waals surface area (Å²) >= 11 is 0. The Balaban J connectivity index is 1.76. The molecule has 0 aliphatic carbocycles. The first kappa shape index (κ1) is 21.8. The van der Waals surface area contributed by atoms with Crippen molar-refractivity contribution in [1.82, 2.24) is 14.5 Å². The van der Waals surface area contributed by atoms with Crippen molar-refractivity contribution >= 4 is 25.0 Å². The number of hydrogen-bond acceptors (Lipinski definition) is 9. The summed E-state index contributed by atoms with van der Waals surface area (Å²) in [6.45, 7) is 5.71. The van der Waals surface area contributed by atoms with Crippen molar-refractivity contribution in [3.8, 4) is 0 Å². The van der Waals surface area contributed by atoms with Crippen molar-refractivity contribution in [3.63, 3.8) is 0 Å². The molecule has 4 unspecified atom stereocenters. The highest BCUT2D eigenvalue weighted by Crippen LogP contribution is 2.38. The van der Waals surface area contributed by atoms with Crippen LogP contribution in [0.15, 0.2) is 12.7 Å². The van der Waals surface area contributed by atoms with Gasteiger partial charge < -0.3 is 25.9 Å². The summed E-state index contributed by atoms with van der Waals surface area (Å²) < 4.78 is 25.9. The van der Waals surface area contributed by atoms with Gasteiger partial charge in [-0.05, 0) is 24.3 Å². The number of ether oxygens (including phenoxy) is 1. The Morgan fingerprint density at radius 1 is 1.34 bits per heavy atom. The molecule has 0 amide bonds. The Morgan fingerprint density at radius 2 is 2.07 bits per heavy atom. The quantitative estimate of drug-likeness (QED) is 0.272. The maximum atomic E-state index is 12.2. The summed E-state index contributed by atoms with van der Waals surface area (Å²) in [5.41, 5.74) is 6.26. The summed E-state index contributed by atoms with van der Waals surface area (Å²) in [6.07, 6.45) is -0.337. The second kappa shape index (κ2) is 8.85. The largest absolute Gasteiger partial charge is 0.511 e. The third-order valence-electron chi connectivity index (χ3n) is 5.31. The van der Waals surface area contributed by atoms with Gasteiger partial charge in [0.15, 0.2) is 11.9 Å². The molecular formula is C17H28N5O6P+2. The molecule has 3 rings (SSSR count). The van der Waals surface area contributed by atoms with E-state index in [9.17, 15) is 20.0 Å². The topological polar surface area (TPSA) is 157 Å². The first-order valence-corrected chi connectivity index (χ1v) is 10.9. The van der Waals surface area contributed by atoms with Crippen LogP contribution in [0.3, 0.4) is 0 Å². The summed E-state index contributed by atoms with van der Waals surface area (Å²) in [5, 5.41) is 30.7. The van der Waals surface area contributed by atoms with Crippen LogP contribution in [-0.2, 0) is 13.8 Å². The molecule has 5 N–H and O–H groups in total. The number of fused-ring (bicyclic) bond motifs is 1. The number of nitrogens with two attached hydrogens (primary N) is 1. The van der Waals surface area contributed by atoms with Gasteiger partial charge in [-0.25, -0.2) is 4.98 Å². The molecule has 29 heavy (non-hydrogen) atoms. The van der Waals surface area contributed by atoms with Gasteiger partial charge in [-0.3, -0.25) is 4.57 Å². The summed E-state index contributed by atoms with van der Waals surface area (Å²) in [6, 6.07) is 0. The van der Waals surface area contributed by atoms with Crippen molar-refractivity contribution in [1.29, 1.82) is 0 Å². The fraction of sp³-hybridized carbons (Fsp3) is 0.706. The number of imidazole rings is 1. The van der Waals surface area contributed by atoms with Gasteiger partial charge >= 0.3 is 8.03 Å². The lowest BCUT2D eigenvalue weighted by Gasteiger charge is -2.18. The predicted octanol–water partition coefficient (Wildman–Crippen LogP) is 0.884. The number of anilines is 1. The van der Waals surface area contributed by atoms with E-state index in [2.05, 4.69) is 9.97 Å². The Morgan fingerprint density at radius 3 is 2.72 bits per heavy atom. The monoisotopic (exact) mass is 429 g/mol. The van der Waals surface area contributed by atoms with Crippen molar-refractivity contribution in [2.75, 3.05) is 5.73 Å². The molecule has 0 radical (unpaired) electrons. The van der Waals surface area contributed by atoms with Crippen molar-refractivity contribution in [2.24, 2.45) is 0 Å². The van der Waals surface area contributed by atoms with Crippen LogP contribution in [0.1, 0.15) is 46.3 Å². The highest BCUT2D eigenvalue weighted by Gasteiger charge is 2.46. The van der Waals surface area contributed by atoms with Crippen LogP contribution in [0, 0.1) is 0 Å². The lowest BCUT2D eigenvalue weighted by molar-refractivity contribution is -0.894. The van der Waals surface area contributed by atoms with Gasteiger partial charge in [0.05, 0.1) is 6.10 Å². The van der Waals surface area contributed by atoms with Crippen LogP contribution in [0.5, 0.6) is 0 Å². The third-order valence-corrected chi connectivity index (χ3v) is 6.90. The fourth-order valence-corrected chi connectivity index (χ4v) is 4.26. The molecule has 12 heteroatoms. The minimum atomic E-state index is -1.83. The first-order chi connectivity index (χ1) is 13.8. The maximum absolute atomic E-state index is 12.2. The summed E-state index contributed by atoms with van der Waals surface area (Å²) in [5.74, 6) is -0.00775. The number of aliphatic hydroxyl groups excluding tert-OH is 2.